The summed E-state index contributed by atoms with van der Waals surface area (Å²) >= 11 is 0. The number of aromatic nitrogens is 1. The highest BCUT2D eigenvalue weighted by Crippen LogP contribution is 2.27. The number of carbonyl (C=O) groups is 1. The van der Waals surface area contributed by atoms with Crippen LogP contribution in [0.3, 0.4) is 0 Å². The van der Waals surface area contributed by atoms with Gasteiger partial charge in [-0.1, -0.05) is 13.0 Å². The van der Waals surface area contributed by atoms with E-state index in [4.69, 9.17) is 10.5 Å². The molecule has 4 nitrogen and oxygen atoms in total. The Bertz CT molecular complexity index is 348. The minimum absolute atomic E-state index is 0.214. The Kier molecular flexibility index (Phi) is 5.10. The predicted molar refractivity (Wildman–Crippen MR) is 66.4 cm³/mol. The van der Waals surface area contributed by atoms with Crippen LogP contribution in [0.25, 0.3) is 0 Å². The summed E-state index contributed by atoms with van der Waals surface area (Å²) < 4.78 is 5.12. The maximum absolute atomic E-state index is 12.0. The first-order valence-electron chi connectivity index (χ1n) is 5.94. The number of ether oxygens (including phenoxy) is 1. The van der Waals surface area contributed by atoms with Crippen molar-refractivity contribution in [1.82, 2.24) is 4.98 Å². The minimum atomic E-state index is -0.626. The number of nitrogens with two attached hydrogens (primary N) is 1. The van der Waals surface area contributed by atoms with E-state index in [1.54, 1.807) is 19.3 Å². The second-order valence-corrected chi connectivity index (χ2v) is 4.10. The van der Waals surface area contributed by atoms with Crippen LogP contribution in [0.2, 0.25) is 0 Å². The normalized spacial score (nSPS) is 14.1. The molecule has 17 heavy (non-hydrogen) atoms. The summed E-state index contributed by atoms with van der Waals surface area (Å²) in [7, 11) is 0. The van der Waals surface area contributed by atoms with Crippen molar-refractivity contribution in [2.24, 2.45) is 11.1 Å². The van der Waals surface area contributed by atoms with Gasteiger partial charge in [0.05, 0.1) is 12.0 Å². The van der Waals surface area contributed by atoms with Crippen molar-refractivity contribution in [1.29, 1.82) is 0 Å². The van der Waals surface area contributed by atoms with E-state index in [9.17, 15) is 4.79 Å². The lowest BCUT2D eigenvalue weighted by molar-refractivity contribution is -0.155. The first-order valence-corrected chi connectivity index (χ1v) is 5.94. The number of esters is 1. The van der Waals surface area contributed by atoms with Crippen LogP contribution < -0.4 is 5.73 Å². The number of pyridine rings is 1. The largest absolute Gasteiger partial charge is 0.466 e. The third-order valence-corrected chi connectivity index (χ3v) is 3.04. The molecule has 0 saturated carbocycles. The average Bonchev–Trinajstić information content (AvgIpc) is 2.37. The Morgan fingerprint density at radius 3 is 2.76 bits per heavy atom. The molecule has 0 fully saturated rings. The lowest BCUT2D eigenvalue weighted by Crippen LogP contribution is -2.41. The van der Waals surface area contributed by atoms with E-state index in [-0.39, 0.29) is 12.5 Å². The molecular formula is C13H20N2O2. The Hall–Kier alpha value is -1.42. The van der Waals surface area contributed by atoms with Crippen LogP contribution in [-0.4, -0.2) is 24.1 Å². The Labute approximate surface area is 102 Å². The maximum atomic E-state index is 12.0. The molecule has 0 spiro atoms. The molecule has 4 heteroatoms. The lowest BCUT2D eigenvalue weighted by Gasteiger charge is -2.28. The van der Waals surface area contributed by atoms with Gasteiger partial charge in [-0.3, -0.25) is 9.78 Å². The van der Waals surface area contributed by atoms with Crippen LogP contribution in [0.15, 0.2) is 24.5 Å². The summed E-state index contributed by atoms with van der Waals surface area (Å²) in [6.45, 7) is 4.43. The molecule has 1 rings (SSSR count). The van der Waals surface area contributed by atoms with Crippen molar-refractivity contribution in [3.63, 3.8) is 0 Å². The summed E-state index contributed by atoms with van der Waals surface area (Å²) in [5.74, 6) is -0.214. The van der Waals surface area contributed by atoms with Gasteiger partial charge in [0, 0.05) is 18.9 Å². The van der Waals surface area contributed by atoms with E-state index >= 15 is 0 Å². The van der Waals surface area contributed by atoms with Gasteiger partial charge in [-0.2, -0.15) is 0 Å². The standard InChI is InChI=1S/C13H20N2O2/c1-3-13(10-14,12(16)17-4-2)8-11-6-5-7-15-9-11/h5-7,9H,3-4,8,10,14H2,1-2H3. The van der Waals surface area contributed by atoms with E-state index in [0.29, 0.717) is 19.4 Å². The van der Waals surface area contributed by atoms with E-state index in [1.165, 1.54) is 0 Å². The molecule has 94 valence electrons. The molecule has 1 heterocycles. The van der Waals surface area contributed by atoms with E-state index in [2.05, 4.69) is 4.98 Å². The van der Waals surface area contributed by atoms with Crippen molar-refractivity contribution in [2.75, 3.05) is 13.2 Å². The lowest BCUT2D eigenvalue weighted by atomic mass is 9.79. The number of hydrogen-bond donors (Lipinski definition) is 1. The highest BCUT2D eigenvalue weighted by atomic mass is 16.5. The smallest absolute Gasteiger partial charge is 0.313 e. The fraction of sp³-hybridized carbons (Fsp3) is 0.538. The van der Waals surface area contributed by atoms with Gasteiger partial charge >= 0.3 is 5.97 Å². The predicted octanol–water partition coefficient (Wildman–Crippen LogP) is 1.54. The van der Waals surface area contributed by atoms with Gasteiger partial charge < -0.3 is 10.5 Å². The quantitative estimate of drug-likeness (QED) is 0.761. The first kappa shape index (κ1) is 13.6. The summed E-state index contributed by atoms with van der Waals surface area (Å²) in [6.07, 6.45) is 4.72. The molecule has 1 unspecified atom stereocenters. The van der Waals surface area contributed by atoms with Gasteiger partial charge in [0.2, 0.25) is 0 Å². The fourth-order valence-corrected chi connectivity index (χ4v) is 1.82. The van der Waals surface area contributed by atoms with E-state index in [0.717, 1.165) is 5.56 Å². The molecule has 0 aliphatic rings. The molecule has 0 amide bonds. The van der Waals surface area contributed by atoms with Crippen LogP contribution in [0.5, 0.6) is 0 Å². The highest BCUT2D eigenvalue weighted by molar-refractivity contribution is 5.77. The molecule has 0 radical (unpaired) electrons. The molecule has 0 aliphatic heterocycles. The number of hydrogen-bond acceptors (Lipinski definition) is 4. The zero-order valence-corrected chi connectivity index (χ0v) is 10.5. The fourth-order valence-electron chi connectivity index (χ4n) is 1.82. The Morgan fingerprint density at radius 1 is 1.53 bits per heavy atom. The number of rotatable bonds is 6. The molecule has 1 aromatic heterocycles. The number of nitrogens with zero attached hydrogens (tertiary/aromatic N) is 1. The summed E-state index contributed by atoms with van der Waals surface area (Å²) in [6, 6.07) is 3.81. The third kappa shape index (κ3) is 3.27. The van der Waals surface area contributed by atoms with Crippen molar-refractivity contribution in [2.45, 2.75) is 26.7 Å². The Morgan fingerprint density at radius 2 is 2.29 bits per heavy atom. The second-order valence-electron chi connectivity index (χ2n) is 4.10. The van der Waals surface area contributed by atoms with Gasteiger partial charge in [0.25, 0.3) is 0 Å². The maximum Gasteiger partial charge on any atom is 0.313 e. The molecule has 0 aliphatic carbocycles. The molecule has 0 aromatic carbocycles. The van der Waals surface area contributed by atoms with E-state index < -0.39 is 5.41 Å². The van der Waals surface area contributed by atoms with Crippen molar-refractivity contribution >= 4 is 5.97 Å². The third-order valence-electron chi connectivity index (χ3n) is 3.04. The van der Waals surface area contributed by atoms with Crippen LogP contribution in [0.4, 0.5) is 0 Å². The highest BCUT2D eigenvalue weighted by Gasteiger charge is 2.37. The molecular weight excluding hydrogens is 216 g/mol. The van der Waals surface area contributed by atoms with Gasteiger partial charge in [-0.25, -0.2) is 0 Å². The summed E-state index contributed by atoms with van der Waals surface area (Å²) in [5, 5.41) is 0. The summed E-state index contributed by atoms with van der Waals surface area (Å²) in [4.78, 5) is 16.1. The molecule has 1 aromatic rings. The Balaban J connectivity index is 2.88. The van der Waals surface area contributed by atoms with E-state index in [1.807, 2.05) is 19.1 Å². The zero-order valence-electron chi connectivity index (χ0n) is 10.5. The monoisotopic (exact) mass is 236 g/mol. The minimum Gasteiger partial charge on any atom is -0.466 e. The van der Waals surface area contributed by atoms with Gasteiger partial charge in [0.1, 0.15) is 0 Å². The molecule has 0 saturated heterocycles. The van der Waals surface area contributed by atoms with Crippen LogP contribution >= 0.6 is 0 Å². The van der Waals surface area contributed by atoms with Crippen LogP contribution in [-0.2, 0) is 16.0 Å². The summed E-state index contributed by atoms with van der Waals surface area (Å²) in [5.41, 5.74) is 6.16. The zero-order chi connectivity index (χ0) is 12.7. The molecule has 1 atom stereocenters. The second kappa shape index (κ2) is 6.35. The van der Waals surface area contributed by atoms with Gasteiger partial charge in [-0.15, -0.1) is 0 Å². The topological polar surface area (TPSA) is 65.2 Å². The van der Waals surface area contributed by atoms with Crippen molar-refractivity contribution in [3.8, 4) is 0 Å². The SMILES string of the molecule is CCOC(=O)C(CC)(CN)Cc1cccnc1. The van der Waals surface area contributed by atoms with Crippen LogP contribution in [0, 0.1) is 5.41 Å². The molecule has 2 N–H and O–H groups in total. The van der Waals surface area contributed by atoms with Gasteiger partial charge in [-0.05, 0) is 31.4 Å². The number of carbonyl (C=O) groups excluding carboxylic acids is 1. The first-order chi connectivity index (χ1) is 8.18. The van der Waals surface area contributed by atoms with Gasteiger partial charge in [0.15, 0.2) is 0 Å². The van der Waals surface area contributed by atoms with Crippen molar-refractivity contribution in [3.05, 3.63) is 30.1 Å². The average molecular weight is 236 g/mol. The molecule has 0 bridgehead atoms. The van der Waals surface area contributed by atoms with Crippen LogP contribution in [0.1, 0.15) is 25.8 Å². The van der Waals surface area contributed by atoms with Crippen molar-refractivity contribution < 1.29 is 9.53 Å².